The van der Waals surface area contributed by atoms with E-state index in [1.54, 1.807) is 77.8 Å². The molecule has 3 N–H and O–H groups in total. The van der Waals surface area contributed by atoms with E-state index < -0.39 is 41.9 Å². The highest BCUT2D eigenvalue weighted by atomic mass is 16.5. The van der Waals surface area contributed by atoms with Crippen molar-refractivity contribution in [3.63, 3.8) is 0 Å². The first-order valence-corrected chi connectivity index (χ1v) is 19.0. The first-order chi connectivity index (χ1) is 24.4. The zero-order valence-corrected chi connectivity index (χ0v) is 34.4. The summed E-state index contributed by atoms with van der Waals surface area (Å²) in [6.07, 6.45) is 2.83. The van der Waals surface area contributed by atoms with Crippen molar-refractivity contribution in [2.75, 3.05) is 48.5 Å². The Kier molecular flexibility index (Phi) is 20.7. The maximum atomic E-state index is 14.0. The van der Waals surface area contributed by atoms with Gasteiger partial charge in [0.15, 0.2) is 0 Å². The predicted molar refractivity (Wildman–Crippen MR) is 206 cm³/mol. The highest BCUT2D eigenvalue weighted by Gasteiger charge is 2.42. The van der Waals surface area contributed by atoms with Gasteiger partial charge in [-0.2, -0.15) is 0 Å². The monoisotopic (exact) mass is 734 g/mol. The molecule has 12 heteroatoms. The van der Waals surface area contributed by atoms with Gasteiger partial charge in [-0.05, 0) is 59.2 Å². The smallest absolute Gasteiger partial charge is 0.242 e. The van der Waals surface area contributed by atoms with Gasteiger partial charge in [0, 0.05) is 27.8 Å². The zero-order chi connectivity index (χ0) is 39.8. The van der Waals surface area contributed by atoms with Crippen LogP contribution in [0.15, 0.2) is 30.3 Å². The molecule has 1 fully saturated rings. The van der Waals surface area contributed by atoms with Gasteiger partial charge < -0.3 is 35.0 Å². The topological polar surface area (TPSA) is 141 Å². The minimum Gasteiger partial charge on any atom is -0.386 e. The molecule has 1 aromatic carbocycles. The van der Waals surface area contributed by atoms with Gasteiger partial charge in [0.25, 0.3) is 0 Å². The van der Waals surface area contributed by atoms with E-state index in [-0.39, 0.29) is 48.6 Å². The van der Waals surface area contributed by atoms with Gasteiger partial charge in [0.05, 0.1) is 60.9 Å². The van der Waals surface area contributed by atoms with Gasteiger partial charge in [0.2, 0.25) is 23.6 Å². The number of ether oxygens (including phenoxy) is 2. The zero-order valence-electron chi connectivity index (χ0n) is 34.4. The summed E-state index contributed by atoms with van der Waals surface area (Å²) in [5.74, 6) is -1.53. The highest BCUT2D eigenvalue weighted by molar-refractivity contribution is 5.89. The van der Waals surface area contributed by atoms with Crippen LogP contribution in [0.4, 0.5) is 0 Å². The summed E-state index contributed by atoms with van der Waals surface area (Å²) in [4.78, 5) is 58.6. The molecular weight excluding hydrogens is 662 g/mol. The lowest BCUT2D eigenvalue weighted by atomic mass is 9.90. The molecule has 0 aromatic heterocycles. The molecule has 0 aliphatic carbocycles. The van der Waals surface area contributed by atoms with E-state index in [1.807, 2.05) is 44.2 Å². The number of aliphatic hydroxyl groups excluding tert-OH is 1. The van der Waals surface area contributed by atoms with Crippen molar-refractivity contribution >= 4 is 23.6 Å². The maximum absolute atomic E-state index is 14.0. The number of amides is 4. The quantitative estimate of drug-likeness (QED) is 0.190. The number of benzene rings is 1. The van der Waals surface area contributed by atoms with Crippen molar-refractivity contribution in [3.05, 3.63) is 35.9 Å². The fourth-order valence-electron chi connectivity index (χ4n) is 6.40. The fourth-order valence-corrected chi connectivity index (χ4v) is 6.40. The molecule has 0 bridgehead atoms. The number of carbonyl (C=O) groups excluding carboxylic acids is 4. The average Bonchev–Trinajstić information content (AvgIpc) is 3.62. The summed E-state index contributed by atoms with van der Waals surface area (Å²) in [6.45, 7) is 15.9. The van der Waals surface area contributed by atoms with Gasteiger partial charge in [-0.3, -0.25) is 24.1 Å². The lowest BCUT2D eigenvalue weighted by molar-refractivity contribution is -0.146. The second kappa shape index (κ2) is 22.9. The molecule has 0 radical (unpaired) electrons. The van der Waals surface area contributed by atoms with Crippen LogP contribution in [0.1, 0.15) is 106 Å². The second-order valence-corrected chi connectivity index (χ2v) is 14.9. The molecule has 52 heavy (non-hydrogen) atoms. The third kappa shape index (κ3) is 13.1. The first-order valence-electron chi connectivity index (χ1n) is 19.0. The van der Waals surface area contributed by atoms with Crippen LogP contribution in [0, 0.1) is 11.8 Å². The van der Waals surface area contributed by atoms with E-state index >= 15 is 0 Å². The van der Waals surface area contributed by atoms with E-state index in [4.69, 9.17) is 9.47 Å². The van der Waals surface area contributed by atoms with Gasteiger partial charge in [0.1, 0.15) is 0 Å². The second-order valence-electron chi connectivity index (χ2n) is 14.9. The first kappa shape index (κ1) is 47.0. The van der Waals surface area contributed by atoms with Crippen molar-refractivity contribution in [1.29, 1.82) is 0 Å². The summed E-state index contributed by atoms with van der Waals surface area (Å²) < 4.78 is 11.8. The molecule has 4 amide bonds. The number of hydrogen-bond acceptors (Lipinski definition) is 8. The van der Waals surface area contributed by atoms with E-state index in [9.17, 15) is 24.3 Å². The molecule has 1 aromatic rings. The summed E-state index contributed by atoms with van der Waals surface area (Å²) in [6, 6.07) is 7.89. The number of unbranched alkanes of at least 4 members (excludes halogenated alkanes) is 1. The molecule has 1 saturated heterocycles. The van der Waals surface area contributed by atoms with Crippen molar-refractivity contribution in [3.8, 4) is 0 Å². The van der Waals surface area contributed by atoms with E-state index in [0.29, 0.717) is 18.5 Å². The van der Waals surface area contributed by atoms with E-state index in [2.05, 4.69) is 24.5 Å². The lowest BCUT2D eigenvalue weighted by Gasteiger charge is -2.39. The van der Waals surface area contributed by atoms with Crippen molar-refractivity contribution < 1.29 is 33.8 Å². The van der Waals surface area contributed by atoms with Crippen molar-refractivity contribution in [2.24, 2.45) is 11.8 Å². The van der Waals surface area contributed by atoms with Crippen LogP contribution >= 0.6 is 0 Å². The SMILES string of the molecule is CCC(C)C(C(CC(=O)N1CCCC1C(OC)C(C)C(=O)NC(C)C(O)c1ccccc1)OC)N(C)C(=O)CNC(=O)C(C)(C)N(C)C.CCCC. The standard InChI is InChI=1S/C36H61N5O7.C4H10/c1-12-23(2)31(40(9)30(43)22-37-35(46)36(5,6)39(7)8)28(47-10)21-29(42)41-20-16-19-27(41)33(48-11)24(3)34(45)38-25(4)32(44)26-17-14-13-15-18-26;1-3-4-2/h13-15,17-18,23-25,27-28,31-33,44H,12,16,19-22H2,1-11H3,(H,37,46)(H,38,45);3-4H2,1-2H3. The summed E-state index contributed by atoms with van der Waals surface area (Å²) in [5, 5.41) is 16.5. The van der Waals surface area contributed by atoms with Crippen LogP contribution in [0.3, 0.4) is 0 Å². The average molecular weight is 734 g/mol. The fraction of sp³-hybridized carbons (Fsp3) is 0.750. The van der Waals surface area contributed by atoms with E-state index in [0.717, 1.165) is 12.8 Å². The Morgan fingerprint density at radius 2 is 1.58 bits per heavy atom. The molecule has 0 saturated carbocycles. The lowest BCUT2D eigenvalue weighted by Crippen LogP contribution is -2.56. The molecule has 1 heterocycles. The van der Waals surface area contributed by atoms with Crippen LogP contribution in [0.25, 0.3) is 0 Å². The molecule has 2 rings (SSSR count). The Labute approximate surface area is 314 Å². The Hall–Kier alpha value is -3.06. The molecule has 1 aliphatic heterocycles. The Balaban J connectivity index is 0.00000320. The van der Waals surface area contributed by atoms with Crippen LogP contribution in [0.2, 0.25) is 0 Å². The molecule has 1 aliphatic rings. The molecular formula is C40H71N5O7. The number of nitrogens with one attached hydrogen (secondary N) is 2. The predicted octanol–water partition coefficient (Wildman–Crippen LogP) is 4.41. The van der Waals surface area contributed by atoms with Gasteiger partial charge in [-0.15, -0.1) is 0 Å². The third-order valence-corrected chi connectivity index (χ3v) is 10.9. The van der Waals surface area contributed by atoms with E-state index in [1.165, 1.54) is 12.8 Å². The molecule has 8 unspecified atom stereocenters. The van der Waals surface area contributed by atoms with Gasteiger partial charge in [-0.1, -0.05) is 84.2 Å². The molecule has 8 atom stereocenters. The summed E-state index contributed by atoms with van der Waals surface area (Å²) >= 11 is 0. The number of hydrogen-bond donors (Lipinski definition) is 3. The minimum absolute atomic E-state index is 0.00339. The van der Waals surface area contributed by atoms with Crippen LogP contribution in [-0.2, 0) is 28.7 Å². The number of rotatable bonds is 19. The van der Waals surface area contributed by atoms with Crippen LogP contribution < -0.4 is 10.6 Å². The van der Waals surface area contributed by atoms with Gasteiger partial charge >= 0.3 is 0 Å². The third-order valence-electron chi connectivity index (χ3n) is 10.9. The largest absolute Gasteiger partial charge is 0.386 e. The molecule has 298 valence electrons. The molecule has 0 spiro atoms. The Morgan fingerprint density at radius 1 is 0.981 bits per heavy atom. The maximum Gasteiger partial charge on any atom is 0.242 e. The van der Waals surface area contributed by atoms with Crippen molar-refractivity contribution in [1.82, 2.24) is 25.3 Å². The Bertz CT molecular complexity index is 1230. The number of likely N-dealkylation sites (N-methyl/N-ethyl adjacent to an activating group) is 2. The van der Waals surface area contributed by atoms with Gasteiger partial charge in [-0.25, -0.2) is 0 Å². The Morgan fingerprint density at radius 3 is 2.08 bits per heavy atom. The summed E-state index contributed by atoms with van der Waals surface area (Å²) in [5.41, 5.74) is -0.0784. The van der Waals surface area contributed by atoms with Crippen LogP contribution in [-0.4, -0.2) is 128 Å². The molecule has 12 nitrogen and oxygen atoms in total. The summed E-state index contributed by atoms with van der Waals surface area (Å²) in [7, 11) is 8.40. The number of nitrogens with zero attached hydrogens (tertiary/aromatic N) is 3. The van der Waals surface area contributed by atoms with Crippen LogP contribution in [0.5, 0.6) is 0 Å². The number of aliphatic hydroxyl groups is 1. The number of carbonyl (C=O) groups is 4. The van der Waals surface area contributed by atoms with Crippen molar-refractivity contribution in [2.45, 2.75) is 136 Å². The normalized spacial score (nSPS) is 18.6. The number of likely N-dealkylation sites (tertiary alicyclic amines) is 1. The minimum atomic E-state index is -0.872. The number of methoxy groups -OCH3 is 2. The highest BCUT2D eigenvalue weighted by Crippen LogP contribution is 2.29.